The number of aromatic carboxylic acids is 1. The number of nitrogens with zero attached hydrogens (tertiary/aromatic N) is 3. The number of halogens is 1. The summed E-state index contributed by atoms with van der Waals surface area (Å²) >= 11 is 0. The molecule has 0 unspecified atom stereocenters. The minimum absolute atomic E-state index is 0.0541. The minimum atomic E-state index is -1.26. The lowest BCUT2D eigenvalue weighted by Crippen LogP contribution is -2.21. The average molecular weight is 384 g/mol. The van der Waals surface area contributed by atoms with Gasteiger partial charge in [0.1, 0.15) is 11.5 Å². The van der Waals surface area contributed by atoms with E-state index in [2.05, 4.69) is 10.1 Å². The summed E-state index contributed by atoms with van der Waals surface area (Å²) < 4.78 is 15.1. The highest BCUT2D eigenvalue weighted by molar-refractivity contribution is 5.91. The van der Waals surface area contributed by atoms with E-state index in [4.69, 9.17) is 0 Å². The highest BCUT2D eigenvalue weighted by atomic mass is 19.1. The number of carboxylic acids is 1. The maximum absolute atomic E-state index is 13.3. The normalized spacial score (nSPS) is 11.1. The molecule has 142 valence electrons. The molecule has 0 saturated carbocycles. The number of benzene rings is 3. The van der Waals surface area contributed by atoms with E-state index in [9.17, 15) is 14.3 Å². The number of aliphatic imine (C=N–C) groups is 1. The van der Waals surface area contributed by atoms with Crippen LogP contribution in [0, 0.1) is 5.82 Å². The third kappa shape index (κ3) is 4.11. The van der Waals surface area contributed by atoms with Crippen molar-refractivity contribution in [1.29, 1.82) is 0 Å². The maximum Gasteiger partial charge on any atom is 0.123 e. The molecule has 0 fully saturated rings. The number of hydrogen-bond donors (Lipinski definition) is 0. The second kappa shape index (κ2) is 7.90. The fraction of sp³-hybridized carbons (Fsp3) is 0. The molecule has 29 heavy (non-hydrogen) atoms. The molecule has 0 spiro atoms. The third-order valence-corrected chi connectivity index (χ3v) is 4.32. The highest BCUT2D eigenvalue weighted by Gasteiger charge is 2.11. The first kappa shape index (κ1) is 18.3. The number of carboxylic acid groups (broad SMARTS) is 1. The number of aromatic nitrogens is 2. The molecule has 4 aromatic rings. The predicted octanol–water partition coefficient (Wildman–Crippen LogP) is 3.79. The van der Waals surface area contributed by atoms with Crippen LogP contribution in [0.25, 0.3) is 16.9 Å². The molecule has 1 heterocycles. The Morgan fingerprint density at radius 2 is 1.76 bits per heavy atom. The van der Waals surface area contributed by atoms with Crippen LogP contribution < -0.4 is 5.11 Å². The monoisotopic (exact) mass is 384 g/mol. The molecule has 1 aromatic heterocycles. The van der Waals surface area contributed by atoms with E-state index in [-0.39, 0.29) is 11.4 Å². The van der Waals surface area contributed by atoms with Crippen molar-refractivity contribution in [2.75, 3.05) is 0 Å². The molecule has 0 N–H and O–H groups in total. The fourth-order valence-corrected chi connectivity index (χ4v) is 2.88. The molecule has 5 nitrogen and oxygen atoms in total. The van der Waals surface area contributed by atoms with Gasteiger partial charge < -0.3 is 9.90 Å². The van der Waals surface area contributed by atoms with E-state index in [1.807, 2.05) is 36.5 Å². The van der Waals surface area contributed by atoms with Crippen LogP contribution >= 0.6 is 0 Å². The van der Waals surface area contributed by atoms with E-state index in [1.54, 1.807) is 35.2 Å². The van der Waals surface area contributed by atoms with Crippen molar-refractivity contribution >= 4 is 17.9 Å². The summed E-state index contributed by atoms with van der Waals surface area (Å²) in [6, 6.07) is 21.8. The predicted molar refractivity (Wildman–Crippen MR) is 107 cm³/mol. The minimum Gasteiger partial charge on any atom is -0.545 e. The lowest BCUT2D eigenvalue weighted by atomic mass is 10.1. The van der Waals surface area contributed by atoms with Gasteiger partial charge in [0.25, 0.3) is 0 Å². The first-order valence-electron chi connectivity index (χ1n) is 8.87. The molecule has 0 aliphatic rings. The SMILES string of the molecule is O=C([O-])c1cccc(N=Cc2cn(-c3ccccc3)nc2-c2ccc(F)cc2)c1. The Balaban J connectivity index is 1.76. The summed E-state index contributed by atoms with van der Waals surface area (Å²) in [5.74, 6) is -1.59. The van der Waals surface area contributed by atoms with Gasteiger partial charge >= 0.3 is 0 Å². The smallest absolute Gasteiger partial charge is 0.123 e. The topological polar surface area (TPSA) is 70.3 Å². The van der Waals surface area contributed by atoms with Gasteiger partial charge in [0.2, 0.25) is 0 Å². The van der Waals surface area contributed by atoms with E-state index in [0.717, 1.165) is 11.3 Å². The largest absolute Gasteiger partial charge is 0.545 e. The number of para-hydroxylation sites is 1. The molecule has 0 aliphatic carbocycles. The summed E-state index contributed by atoms with van der Waals surface area (Å²) in [5, 5.41) is 15.7. The quantitative estimate of drug-likeness (QED) is 0.492. The molecule has 0 saturated heterocycles. The lowest BCUT2D eigenvalue weighted by molar-refractivity contribution is -0.255. The summed E-state index contributed by atoms with van der Waals surface area (Å²) in [7, 11) is 0. The molecule has 6 heteroatoms. The maximum atomic E-state index is 13.3. The first-order valence-corrected chi connectivity index (χ1v) is 8.87. The molecule has 0 amide bonds. The van der Waals surface area contributed by atoms with Gasteiger partial charge in [-0.1, -0.05) is 30.3 Å². The lowest BCUT2D eigenvalue weighted by Gasteiger charge is -2.02. The van der Waals surface area contributed by atoms with Crippen LogP contribution in [0.4, 0.5) is 10.1 Å². The van der Waals surface area contributed by atoms with Gasteiger partial charge in [0.05, 0.1) is 17.3 Å². The summed E-state index contributed by atoms with van der Waals surface area (Å²) in [4.78, 5) is 15.4. The van der Waals surface area contributed by atoms with Gasteiger partial charge in [-0.05, 0) is 54.1 Å². The Morgan fingerprint density at radius 1 is 1.00 bits per heavy atom. The second-order valence-corrected chi connectivity index (χ2v) is 6.32. The van der Waals surface area contributed by atoms with Crippen molar-refractivity contribution in [3.63, 3.8) is 0 Å². The number of carbonyl (C=O) groups excluding carboxylic acids is 1. The second-order valence-electron chi connectivity index (χ2n) is 6.32. The van der Waals surface area contributed by atoms with Gasteiger partial charge in [-0.25, -0.2) is 9.07 Å². The molecule has 0 bridgehead atoms. The highest BCUT2D eigenvalue weighted by Crippen LogP contribution is 2.24. The van der Waals surface area contributed by atoms with Crippen LogP contribution in [0.2, 0.25) is 0 Å². The zero-order chi connectivity index (χ0) is 20.2. The number of carbonyl (C=O) groups is 1. The van der Waals surface area contributed by atoms with Crippen molar-refractivity contribution < 1.29 is 14.3 Å². The van der Waals surface area contributed by atoms with E-state index >= 15 is 0 Å². The Bertz CT molecular complexity index is 1180. The van der Waals surface area contributed by atoms with Crippen LogP contribution in [0.1, 0.15) is 15.9 Å². The van der Waals surface area contributed by atoms with E-state index in [0.29, 0.717) is 16.9 Å². The van der Waals surface area contributed by atoms with Gasteiger partial charge in [-0.2, -0.15) is 5.10 Å². The Hall–Kier alpha value is -4.06. The Labute approximate surface area is 166 Å². The van der Waals surface area contributed by atoms with Gasteiger partial charge in [-0.15, -0.1) is 0 Å². The zero-order valence-electron chi connectivity index (χ0n) is 15.2. The molecule has 3 aromatic carbocycles. The van der Waals surface area contributed by atoms with Gasteiger partial charge in [0, 0.05) is 23.5 Å². The van der Waals surface area contributed by atoms with Crippen LogP contribution in [0.3, 0.4) is 0 Å². The van der Waals surface area contributed by atoms with Gasteiger partial charge in [-0.3, -0.25) is 4.99 Å². The Kier molecular flexibility index (Phi) is 4.99. The molecule has 0 aliphatic heterocycles. The fourth-order valence-electron chi connectivity index (χ4n) is 2.88. The van der Waals surface area contributed by atoms with E-state index in [1.165, 1.54) is 24.3 Å². The standard InChI is InChI=1S/C23H16FN3O2/c24-19-11-9-16(10-12-19)22-18(15-27(26-22)21-7-2-1-3-8-21)14-25-20-6-4-5-17(13-20)23(28)29/h1-15H,(H,28,29)/p-1. The first-order chi connectivity index (χ1) is 14.1. The van der Waals surface area contributed by atoms with Crippen molar-refractivity contribution in [1.82, 2.24) is 9.78 Å². The van der Waals surface area contributed by atoms with Crippen LogP contribution in [-0.4, -0.2) is 22.0 Å². The molecule has 0 radical (unpaired) electrons. The van der Waals surface area contributed by atoms with E-state index < -0.39 is 5.97 Å². The van der Waals surface area contributed by atoms with Crippen molar-refractivity contribution in [3.8, 4) is 16.9 Å². The van der Waals surface area contributed by atoms with Crippen molar-refractivity contribution in [2.45, 2.75) is 0 Å². The molecule has 4 rings (SSSR count). The van der Waals surface area contributed by atoms with Gasteiger partial charge in [0.15, 0.2) is 0 Å². The van der Waals surface area contributed by atoms with Crippen LogP contribution in [-0.2, 0) is 0 Å². The zero-order valence-corrected chi connectivity index (χ0v) is 15.2. The number of hydrogen-bond acceptors (Lipinski definition) is 4. The molecule has 0 atom stereocenters. The number of rotatable bonds is 5. The summed E-state index contributed by atoms with van der Waals surface area (Å²) in [6.45, 7) is 0. The van der Waals surface area contributed by atoms with Crippen LogP contribution in [0.5, 0.6) is 0 Å². The average Bonchev–Trinajstić information content (AvgIpc) is 3.18. The van der Waals surface area contributed by atoms with Crippen molar-refractivity contribution in [3.05, 3.63) is 102 Å². The molecular formula is C23H15FN3O2-. The summed E-state index contributed by atoms with van der Waals surface area (Å²) in [6.07, 6.45) is 3.43. The van der Waals surface area contributed by atoms with Crippen molar-refractivity contribution in [2.24, 2.45) is 4.99 Å². The molecular weight excluding hydrogens is 369 g/mol. The van der Waals surface area contributed by atoms with Crippen LogP contribution in [0.15, 0.2) is 90.1 Å². The third-order valence-electron chi connectivity index (χ3n) is 4.32. The summed E-state index contributed by atoms with van der Waals surface area (Å²) in [5.41, 5.74) is 3.48. The Morgan fingerprint density at radius 3 is 2.48 bits per heavy atom.